The molecule has 0 aromatic heterocycles. The molecule has 25 heavy (non-hydrogen) atoms. The molecule has 146 valence electrons. The van der Waals surface area contributed by atoms with Gasteiger partial charge in [-0.3, -0.25) is 14.9 Å². The summed E-state index contributed by atoms with van der Waals surface area (Å²) in [7, 11) is 0. The first-order chi connectivity index (χ1) is 11.2. The van der Waals surface area contributed by atoms with Crippen LogP contribution in [0.3, 0.4) is 0 Å². The fourth-order valence-electron chi connectivity index (χ4n) is 4.02. The van der Waals surface area contributed by atoms with Crippen LogP contribution in [0.4, 0.5) is 0 Å². The van der Waals surface area contributed by atoms with Crippen molar-refractivity contribution in [2.75, 3.05) is 6.61 Å². The van der Waals surface area contributed by atoms with Gasteiger partial charge in [-0.15, -0.1) is 11.8 Å². The summed E-state index contributed by atoms with van der Waals surface area (Å²) >= 11 is 1.58. The molecule has 0 aromatic rings. The predicted molar refractivity (Wildman–Crippen MR) is 106 cm³/mol. The first kappa shape index (κ1) is 22.5. The maximum Gasteiger partial charge on any atom is 0.240 e. The molecule has 5 heteroatoms. The molecule has 1 rings (SSSR count). The van der Waals surface area contributed by atoms with Crippen LogP contribution in [0.1, 0.15) is 81.1 Å². The van der Waals surface area contributed by atoms with E-state index in [9.17, 15) is 9.59 Å². The van der Waals surface area contributed by atoms with E-state index in [0.717, 1.165) is 12.8 Å². The molecule has 1 aliphatic heterocycles. The SMILES string of the molecule is CC(C)CC(C)(C)CC(C)(C)OCCC(C)(C)SC1CC(=O)NC1=O. The molecule has 0 saturated carbocycles. The average molecular weight is 372 g/mol. The quantitative estimate of drug-likeness (QED) is 0.572. The van der Waals surface area contributed by atoms with Crippen molar-refractivity contribution in [3.8, 4) is 0 Å². The van der Waals surface area contributed by atoms with Gasteiger partial charge in [0.15, 0.2) is 0 Å². The first-order valence-corrected chi connectivity index (χ1v) is 10.2. The average Bonchev–Trinajstić information content (AvgIpc) is 2.62. The van der Waals surface area contributed by atoms with E-state index in [0.29, 0.717) is 18.9 Å². The lowest BCUT2D eigenvalue weighted by Gasteiger charge is -2.37. The summed E-state index contributed by atoms with van der Waals surface area (Å²) in [6.07, 6.45) is 3.35. The van der Waals surface area contributed by atoms with Gasteiger partial charge in [0.1, 0.15) is 0 Å². The minimum atomic E-state index is -0.263. The van der Waals surface area contributed by atoms with Gasteiger partial charge >= 0.3 is 0 Å². The fraction of sp³-hybridized carbons (Fsp3) is 0.900. The van der Waals surface area contributed by atoms with E-state index in [4.69, 9.17) is 4.74 Å². The molecule has 1 fully saturated rings. The van der Waals surface area contributed by atoms with Crippen molar-refractivity contribution >= 4 is 23.6 Å². The third-order valence-electron chi connectivity index (χ3n) is 4.45. The Morgan fingerprint density at radius 1 is 1.16 bits per heavy atom. The van der Waals surface area contributed by atoms with Gasteiger partial charge in [-0.25, -0.2) is 0 Å². The van der Waals surface area contributed by atoms with Gasteiger partial charge in [0.05, 0.1) is 10.9 Å². The smallest absolute Gasteiger partial charge is 0.240 e. The Hall–Kier alpha value is -0.550. The summed E-state index contributed by atoms with van der Waals surface area (Å²) in [6.45, 7) is 18.4. The number of hydrogen-bond donors (Lipinski definition) is 1. The van der Waals surface area contributed by atoms with Crippen LogP contribution in [0, 0.1) is 11.3 Å². The molecule has 0 spiro atoms. The number of carbonyl (C=O) groups is 2. The number of carbonyl (C=O) groups excluding carboxylic acids is 2. The highest BCUT2D eigenvalue weighted by atomic mass is 32.2. The Bertz CT molecular complexity index is 483. The maximum atomic E-state index is 11.8. The molecular formula is C20H37NO3S. The highest BCUT2D eigenvalue weighted by molar-refractivity contribution is 8.02. The van der Waals surface area contributed by atoms with E-state index >= 15 is 0 Å². The number of hydrogen-bond acceptors (Lipinski definition) is 4. The minimum absolute atomic E-state index is 0.101. The number of imide groups is 1. The van der Waals surface area contributed by atoms with Crippen molar-refractivity contribution in [1.29, 1.82) is 0 Å². The van der Waals surface area contributed by atoms with Gasteiger partial charge in [-0.05, 0) is 44.4 Å². The standard InChI is InChI=1S/C20H37NO3S/c1-14(2)12-18(3,4)13-19(5,6)24-10-9-20(7,8)25-15-11-16(22)21-17(15)23/h14-15H,9-13H2,1-8H3,(H,21,22,23). The number of rotatable bonds is 10. The van der Waals surface area contributed by atoms with Crippen molar-refractivity contribution in [2.45, 2.75) is 96.7 Å². The van der Waals surface area contributed by atoms with Crippen molar-refractivity contribution in [2.24, 2.45) is 11.3 Å². The highest BCUT2D eigenvalue weighted by Gasteiger charge is 2.36. The molecule has 4 nitrogen and oxygen atoms in total. The normalized spacial score (nSPS) is 19.6. The molecule has 1 aliphatic rings. The Labute approximate surface area is 158 Å². The minimum Gasteiger partial charge on any atom is -0.376 e. The number of thioether (sulfide) groups is 1. The second kappa shape index (κ2) is 8.43. The molecule has 2 amide bonds. The second-order valence-electron chi connectivity index (χ2n) is 9.78. The number of amides is 2. The highest BCUT2D eigenvalue weighted by Crippen LogP contribution is 2.38. The number of ether oxygens (including phenoxy) is 1. The Morgan fingerprint density at radius 3 is 2.24 bits per heavy atom. The molecule has 1 unspecified atom stereocenters. The summed E-state index contributed by atoms with van der Waals surface area (Å²) in [5.74, 6) is 0.365. The van der Waals surface area contributed by atoms with Crippen LogP contribution >= 0.6 is 11.8 Å². The zero-order valence-electron chi connectivity index (χ0n) is 17.3. The van der Waals surface area contributed by atoms with Crippen molar-refractivity contribution < 1.29 is 14.3 Å². The van der Waals surface area contributed by atoms with Crippen LogP contribution in [0.2, 0.25) is 0 Å². The molecule has 1 N–H and O–H groups in total. The zero-order valence-corrected chi connectivity index (χ0v) is 18.1. The molecule has 0 aliphatic carbocycles. The topological polar surface area (TPSA) is 55.4 Å². The van der Waals surface area contributed by atoms with Crippen LogP contribution in [0.15, 0.2) is 0 Å². The van der Waals surface area contributed by atoms with E-state index in [1.807, 2.05) is 0 Å². The van der Waals surface area contributed by atoms with Crippen LogP contribution in [0.5, 0.6) is 0 Å². The largest absolute Gasteiger partial charge is 0.376 e. The molecule has 1 saturated heterocycles. The van der Waals surface area contributed by atoms with E-state index < -0.39 is 0 Å². The number of nitrogens with one attached hydrogen (secondary N) is 1. The summed E-state index contributed by atoms with van der Waals surface area (Å²) in [5.41, 5.74) is 0.0874. The molecule has 0 bridgehead atoms. The van der Waals surface area contributed by atoms with Gasteiger partial charge in [0, 0.05) is 17.8 Å². The first-order valence-electron chi connectivity index (χ1n) is 9.37. The Balaban J connectivity index is 2.45. The lowest BCUT2D eigenvalue weighted by atomic mass is 9.76. The second-order valence-corrected chi connectivity index (χ2v) is 11.7. The third kappa shape index (κ3) is 8.59. The van der Waals surface area contributed by atoms with Crippen LogP contribution in [0.25, 0.3) is 0 Å². The fourth-order valence-corrected chi connectivity index (χ4v) is 5.40. The lowest BCUT2D eigenvalue weighted by Crippen LogP contribution is -2.34. The maximum absolute atomic E-state index is 11.8. The van der Waals surface area contributed by atoms with Gasteiger partial charge in [0.2, 0.25) is 11.8 Å². The van der Waals surface area contributed by atoms with E-state index in [1.165, 1.54) is 6.42 Å². The summed E-state index contributed by atoms with van der Waals surface area (Å²) in [4.78, 5) is 23.1. The lowest BCUT2D eigenvalue weighted by molar-refractivity contribution is -0.124. The van der Waals surface area contributed by atoms with Gasteiger partial charge in [-0.2, -0.15) is 0 Å². The summed E-state index contributed by atoms with van der Waals surface area (Å²) in [5, 5.41) is 2.12. The Kier molecular flexibility index (Phi) is 7.58. The van der Waals surface area contributed by atoms with Crippen molar-refractivity contribution in [3.63, 3.8) is 0 Å². The zero-order chi connectivity index (χ0) is 19.5. The van der Waals surface area contributed by atoms with Gasteiger partial charge in [-0.1, -0.05) is 41.5 Å². The van der Waals surface area contributed by atoms with Crippen LogP contribution < -0.4 is 5.32 Å². The monoisotopic (exact) mass is 371 g/mol. The van der Waals surface area contributed by atoms with Crippen LogP contribution in [-0.2, 0) is 14.3 Å². The van der Waals surface area contributed by atoms with Gasteiger partial charge < -0.3 is 4.74 Å². The van der Waals surface area contributed by atoms with E-state index in [2.05, 4.69) is 60.7 Å². The summed E-state index contributed by atoms with van der Waals surface area (Å²) < 4.78 is 6.11. The van der Waals surface area contributed by atoms with E-state index in [-0.39, 0.29) is 32.8 Å². The molecular weight excluding hydrogens is 334 g/mol. The Morgan fingerprint density at radius 2 is 1.76 bits per heavy atom. The molecule has 1 atom stereocenters. The summed E-state index contributed by atoms with van der Waals surface area (Å²) in [6, 6.07) is 0. The molecule has 0 radical (unpaired) electrons. The third-order valence-corrected chi connectivity index (χ3v) is 5.96. The predicted octanol–water partition coefficient (Wildman–Crippen LogP) is 4.56. The molecule has 1 heterocycles. The van der Waals surface area contributed by atoms with E-state index in [1.54, 1.807) is 11.8 Å². The molecule has 0 aromatic carbocycles. The van der Waals surface area contributed by atoms with Crippen LogP contribution in [-0.4, -0.2) is 34.0 Å². The van der Waals surface area contributed by atoms with Crippen molar-refractivity contribution in [1.82, 2.24) is 5.32 Å². The van der Waals surface area contributed by atoms with Crippen molar-refractivity contribution in [3.05, 3.63) is 0 Å². The van der Waals surface area contributed by atoms with Gasteiger partial charge in [0.25, 0.3) is 0 Å².